The van der Waals surface area contributed by atoms with Crippen molar-refractivity contribution < 1.29 is 22.9 Å². The van der Waals surface area contributed by atoms with E-state index in [9.17, 15) is 18.4 Å². The fraction of sp³-hybridized carbons (Fsp3) is 0.500. The van der Waals surface area contributed by atoms with E-state index in [2.05, 4.69) is 10.5 Å². The van der Waals surface area contributed by atoms with Crippen LogP contribution in [0.15, 0.2) is 22.7 Å². The van der Waals surface area contributed by atoms with Gasteiger partial charge in [-0.25, -0.2) is 8.78 Å². The summed E-state index contributed by atoms with van der Waals surface area (Å²) in [4.78, 5) is 28.7. The largest absolute Gasteiger partial charge is 0.361 e. The number of aryl methyl sites for hydroxylation is 2. The van der Waals surface area contributed by atoms with Crippen molar-refractivity contribution in [3.63, 3.8) is 0 Å². The Balaban J connectivity index is 1.43. The lowest BCUT2D eigenvalue weighted by molar-refractivity contribution is -0.132. The summed E-state index contributed by atoms with van der Waals surface area (Å²) >= 11 is 0. The molecule has 1 aromatic heterocycles. The minimum absolute atomic E-state index is 0.0130. The third-order valence-electron chi connectivity index (χ3n) is 5.58. The molecule has 2 amide bonds. The first-order valence-electron chi connectivity index (χ1n) is 10.4. The predicted molar refractivity (Wildman–Crippen MR) is 110 cm³/mol. The van der Waals surface area contributed by atoms with Gasteiger partial charge < -0.3 is 14.7 Å². The van der Waals surface area contributed by atoms with Crippen molar-refractivity contribution in [2.24, 2.45) is 0 Å². The smallest absolute Gasteiger partial charge is 0.234 e. The fourth-order valence-electron chi connectivity index (χ4n) is 3.78. The average Bonchev–Trinajstić information content (AvgIpc) is 3.03. The highest BCUT2D eigenvalue weighted by molar-refractivity contribution is 5.80. The predicted octanol–water partition coefficient (Wildman–Crippen LogP) is 2.00. The Morgan fingerprint density at radius 1 is 1.13 bits per heavy atom. The second-order valence-corrected chi connectivity index (χ2v) is 8.01. The Morgan fingerprint density at radius 2 is 1.77 bits per heavy atom. The maximum absolute atomic E-state index is 13.8. The van der Waals surface area contributed by atoms with E-state index < -0.39 is 17.7 Å². The highest BCUT2D eigenvalue weighted by Crippen LogP contribution is 2.16. The van der Waals surface area contributed by atoms with E-state index in [1.165, 1.54) is 18.2 Å². The lowest BCUT2D eigenvalue weighted by Gasteiger charge is -2.34. The van der Waals surface area contributed by atoms with Crippen molar-refractivity contribution in [2.45, 2.75) is 39.7 Å². The molecule has 1 atom stereocenters. The Hall–Kier alpha value is -2.81. The lowest BCUT2D eigenvalue weighted by Crippen LogP contribution is -2.52. The van der Waals surface area contributed by atoms with Crippen LogP contribution < -0.4 is 5.32 Å². The van der Waals surface area contributed by atoms with Gasteiger partial charge in [-0.15, -0.1) is 0 Å². The summed E-state index contributed by atoms with van der Waals surface area (Å²) in [7, 11) is 0. The molecular formula is C22H28F2N4O3. The molecule has 1 saturated heterocycles. The van der Waals surface area contributed by atoms with Gasteiger partial charge in [-0.3, -0.25) is 14.5 Å². The second kappa shape index (κ2) is 10.00. The van der Waals surface area contributed by atoms with Crippen LogP contribution in [0, 0.1) is 25.5 Å². The van der Waals surface area contributed by atoms with E-state index in [-0.39, 0.29) is 36.8 Å². The Labute approximate surface area is 180 Å². The van der Waals surface area contributed by atoms with Crippen LogP contribution in [0.3, 0.4) is 0 Å². The highest BCUT2D eigenvalue weighted by Gasteiger charge is 2.24. The van der Waals surface area contributed by atoms with E-state index in [1.807, 2.05) is 11.8 Å². The van der Waals surface area contributed by atoms with Gasteiger partial charge >= 0.3 is 0 Å². The molecule has 9 heteroatoms. The van der Waals surface area contributed by atoms with E-state index in [0.717, 1.165) is 11.3 Å². The third kappa shape index (κ3) is 5.88. The van der Waals surface area contributed by atoms with Gasteiger partial charge in [0.1, 0.15) is 17.4 Å². The molecule has 0 radical (unpaired) electrons. The molecule has 2 heterocycles. The number of carbonyl (C=O) groups is 2. The number of hydrogen-bond donors (Lipinski definition) is 1. The lowest BCUT2D eigenvalue weighted by atomic mass is 10.1. The van der Waals surface area contributed by atoms with Gasteiger partial charge in [0.05, 0.1) is 18.7 Å². The van der Waals surface area contributed by atoms with E-state index in [1.54, 1.807) is 18.7 Å². The molecule has 1 aromatic carbocycles. The zero-order chi connectivity index (χ0) is 22.5. The van der Waals surface area contributed by atoms with Gasteiger partial charge in [-0.1, -0.05) is 11.2 Å². The first-order chi connectivity index (χ1) is 14.7. The van der Waals surface area contributed by atoms with E-state index >= 15 is 0 Å². The Morgan fingerprint density at radius 3 is 2.35 bits per heavy atom. The van der Waals surface area contributed by atoms with E-state index in [0.29, 0.717) is 31.9 Å². The normalized spacial score (nSPS) is 15.7. The van der Waals surface area contributed by atoms with Crippen LogP contribution in [0.2, 0.25) is 0 Å². The summed E-state index contributed by atoms with van der Waals surface area (Å²) in [5.41, 5.74) is 1.53. The van der Waals surface area contributed by atoms with Gasteiger partial charge in [-0.05, 0) is 39.3 Å². The number of amides is 2. The van der Waals surface area contributed by atoms with Crippen molar-refractivity contribution in [3.05, 3.63) is 52.4 Å². The molecule has 1 fully saturated rings. The molecule has 1 N–H and O–H groups in total. The molecule has 1 unspecified atom stereocenters. The first kappa shape index (κ1) is 22.9. The molecule has 3 rings (SSSR count). The van der Waals surface area contributed by atoms with Crippen LogP contribution in [0.1, 0.15) is 29.5 Å². The second-order valence-electron chi connectivity index (χ2n) is 8.01. The monoisotopic (exact) mass is 434 g/mol. The number of aromatic nitrogens is 1. The van der Waals surface area contributed by atoms with Crippen LogP contribution in [-0.2, 0) is 22.4 Å². The van der Waals surface area contributed by atoms with Gasteiger partial charge in [0, 0.05) is 43.3 Å². The molecule has 1 aliphatic heterocycles. The molecule has 2 aromatic rings. The number of hydrogen-bond acceptors (Lipinski definition) is 5. The summed E-state index contributed by atoms with van der Waals surface area (Å²) in [6.45, 7) is 7.73. The SMILES string of the molecule is Cc1noc(C)c1CC(=O)N1CCN(CC(=O)NC(C)Cc2c(F)cccc2F)CC1. The van der Waals surface area contributed by atoms with Crippen LogP contribution in [0.4, 0.5) is 8.78 Å². The number of nitrogens with zero attached hydrogens (tertiary/aromatic N) is 3. The van der Waals surface area contributed by atoms with Gasteiger partial charge in [0.2, 0.25) is 11.8 Å². The summed E-state index contributed by atoms with van der Waals surface area (Å²) < 4.78 is 32.7. The number of benzene rings is 1. The molecule has 168 valence electrons. The molecular weight excluding hydrogens is 406 g/mol. The highest BCUT2D eigenvalue weighted by atomic mass is 19.1. The molecule has 7 nitrogen and oxygen atoms in total. The summed E-state index contributed by atoms with van der Waals surface area (Å²) in [6.07, 6.45) is 0.333. The summed E-state index contributed by atoms with van der Waals surface area (Å²) in [5, 5.41) is 6.67. The first-order valence-corrected chi connectivity index (χ1v) is 10.4. The minimum Gasteiger partial charge on any atom is -0.361 e. The van der Waals surface area contributed by atoms with E-state index in [4.69, 9.17) is 4.52 Å². The number of halogens is 2. The average molecular weight is 434 g/mol. The maximum atomic E-state index is 13.8. The third-order valence-corrected chi connectivity index (χ3v) is 5.58. The quantitative estimate of drug-likeness (QED) is 0.721. The standard InChI is InChI=1S/C22H28F2N4O3/c1-14(11-18-19(23)5-4-6-20(18)24)25-21(29)13-27-7-9-28(10-8-27)22(30)12-17-15(2)26-31-16(17)3/h4-6,14H,7-13H2,1-3H3,(H,25,29). The fourth-order valence-corrected chi connectivity index (χ4v) is 3.78. The van der Waals surface area contributed by atoms with Crippen molar-refractivity contribution in [1.82, 2.24) is 20.3 Å². The maximum Gasteiger partial charge on any atom is 0.234 e. The van der Waals surface area contributed by atoms with Crippen molar-refractivity contribution in [3.8, 4) is 0 Å². The summed E-state index contributed by atoms with van der Waals surface area (Å²) in [6, 6.07) is 3.33. The van der Waals surface area contributed by atoms with Gasteiger partial charge in [0.15, 0.2) is 0 Å². The minimum atomic E-state index is -0.613. The van der Waals surface area contributed by atoms with Crippen LogP contribution in [-0.4, -0.2) is 65.5 Å². The van der Waals surface area contributed by atoms with Crippen molar-refractivity contribution in [2.75, 3.05) is 32.7 Å². The molecule has 0 spiro atoms. The summed E-state index contributed by atoms with van der Waals surface area (Å²) in [5.74, 6) is -0.763. The van der Waals surface area contributed by atoms with Crippen LogP contribution in [0.25, 0.3) is 0 Å². The van der Waals surface area contributed by atoms with Crippen LogP contribution >= 0.6 is 0 Å². The van der Waals surface area contributed by atoms with Gasteiger partial charge in [-0.2, -0.15) is 0 Å². The molecule has 0 bridgehead atoms. The number of piperazine rings is 1. The van der Waals surface area contributed by atoms with Crippen LogP contribution in [0.5, 0.6) is 0 Å². The molecule has 0 aliphatic carbocycles. The van der Waals surface area contributed by atoms with Crippen molar-refractivity contribution in [1.29, 1.82) is 0 Å². The topological polar surface area (TPSA) is 78.7 Å². The van der Waals surface area contributed by atoms with Crippen molar-refractivity contribution >= 4 is 11.8 Å². The Kier molecular flexibility index (Phi) is 7.37. The number of carbonyl (C=O) groups excluding carboxylic acids is 2. The zero-order valence-corrected chi connectivity index (χ0v) is 18.1. The molecule has 0 saturated carbocycles. The molecule has 1 aliphatic rings. The Bertz CT molecular complexity index is 899. The zero-order valence-electron chi connectivity index (χ0n) is 18.1. The van der Waals surface area contributed by atoms with Gasteiger partial charge in [0.25, 0.3) is 0 Å². The number of rotatable bonds is 7. The molecule has 31 heavy (non-hydrogen) atoms. The number of nitrogens with one attached hydrogen (secondary N) is 1.